The zero-order valence-electron chi connectivity index (χ0n) is 11.9. The normalized spacial score (nSPS) is 13.7. The maximum absolute atomic E-state index is 12.6. The first-order valence-corrected chi connectivity index (χ1v) is 6.81. The van der Waals surface area contributed by atoms with Crippen LogP contribution in [0.15, 0.2) is 30.3 Å². The Morgan fingerprint density at radius 3 is 2.35 bits per heavy atom. The van der Waals surface area contributed by atoms with E-state index < -0.39 is 18.6 Å². The second-order valence-corrected chi connectivity index (χ2v) is 5.21. The molecule has 2 nitrogen and oxygen atoms in total. The molecule has 0 radical (unpaired) electrons. The Labute approximate surface area is 118 Å². The van der Waals surface area contributed by atoms with Crippen molar-refractivity contribution in [3.05, 3.63) is 35.9 Å². The molecule has 0 saturated heterocycles. The molecule has 1 N–H and O–H groups in total. The zero-order chi connectivity index (χ0) is 15.0. The minimum atomic E-state index is -4.19. The van der Waals surface area contributed by atoms with E-state index in [0.29, 0.717) is 31.2 Å². The van der Waals surface area contributed by atoms with Crippen molar-refractivity contribution in [1.29, 1.82) is 0 Å². The van der Waals surface area contributed by atoms with Crippen LogP contribution in [0.2, 0.25) is 0 Å². The lowest BCUT2D eigenvalue weighted by molar-refractivity contribution is -0.140. The summed E-state index contributed by atoms with van der Waals surface area (Å²) in [6.07, 6.45) is -5.06. The molecule has 0 bridgehead atoms. The van der Waals surface area contributed by atoms with E-state index in [2.05, 4.69) is 5.32 Å². The van der Waals surface area contributed by atoms with E-state index >= 15 is 0 Å². The molecule has 0 aliphatic rings. The lowest BCUT2D eigenvalue weighted by Crippen LogP contribution is -2.29. The predicted molar refractivity (Wildman–Crippen MR) is 73.5 cm³/mol. The monoisotopic (exact) mass is 289 g/mol. The van der Waals surface area contributed by atoms with E-state index in [-0.39, 0.29) is 0 Å². The van der Waals surface area contributed by atoms with Gasteiger partial charge in [0.1, 0.15) is 0 Å². The predicted octanol–water partition coefficient (Wildman–Crippen LogP) is 3.94. The lowest BCUT2D eigenvalue weighted by atomic mass is 10.0. The Balaban J connectivity index is 2.47. The van der Waals surface area contributed by atoms with Gasteiger partial charge in [0.15, 0.2) is 0 Å². The van der Waals surface area contributed by atoms with Crippen LogP contribution in [0.1, 0.15) is 31.9 Å². The fraction of sp³-hybridized carbons (Fsp3) is 0.600. The van der Waals surface area contributed by atoms with Crippen LogP contribution >= 0.6 is 0 Å². The maximum atomic E-state index is 12.6. The van der Waals surface area contributed by atoms with Crippen LogP contribution in [0.25, 0.3) is 0 Å². The van der Waals surface area contributed by atoms with Crippen LogP contribution in [0.5, 0.6) is 0 Å². The molecular formula is C15H22F3NO. The Kier molecular flexibility index (Phi) is 7.02. The second kappa shape index (κ2) is 8.27. The molecule has 20 heavy (non-hydrogen) atoms. The van der Waals surface area contributed by atoms with Crippen LogP contribution in [0.3, 0.4) is 0 Å². The molecule has 1 unspecified atom stereocenters. The molecule has 1 aromatic rings. The number of ether oxygens (including phenoxy) is 1. The maximum Gasteiger partial charge on any atom is 0.390 e. The molecule has 0 amide bonds. The molecule has 0 fully saturated rings. The van der Waals surface area contributed by atoms with Gasteiger partial charge in [-0.2, -0.15) is 13.2 Å². The van der Waals surface area contributed by atoms with E-state index in [1.807, 2.05) is 13.8 Å². The van der Waals surface area contributed by atoms with Crippen molar-refractivity contribution in [1.82, 2.24) is 5.32 Å². The van der Waals surface area contributed by atoms with Crippen molar-refractivity contribution in [3.8, 4) is 0 Å². The van der Waals surface area contributed by atoms with Gasteiger partial charge in [-0.25, -0.2) is 0 Å². The topological polar surface area (TPSA) is 21.3 Å². The van der Waals surface area contributed by atoms with E-state index in [4.69, 9.17) is 4.74 Å². The Morgan fingerprint density at radius 2 is 1.80 bits per heavy atom. The third kappa shape index (κ3) is 7.50. The smallest absolute Gasteiger partial charge is 0.380 e. The lowest BCUT2D eigenvalue weighted by Gasteiger charge is -2.21. The van der Waals surface area contributed by atoms with Gasteiger partial charge in [-0.05, 0) is 11.5 Å². The van der Waals surface area contributed by atoms with Gasteiger partial charge in [0.25, 0.3) is 0 Å². The van der Waals surface area contributed by atoms with E-state index in [9.17, 15) is 13.2 Å². The number of benzene rings is 1. The zero-order valence-corrected chi connectivity index (χ0v) is 11.9. The van der Waals surface area contributed by atoms with Crippen molar-refractivity contribution < 1.29 is 17.9 Å². The Hall–Kier alpha value is -1.07. The fourth-order valence-electron chi connectivity index (χ4n) is 1.85. The van der Waals surface area contributed by atoms with Gasteiger partial charge in [-0.15, -0.1) is 0 Å². The van der Waals surface area contributed by atoms with Gasteiger partial charge in [0.2, 0.25) is 0 Å². The molecule has 114 valence electrons. The molecule has 0 spiro atoms. The summed E-state index contributed by atoms with van der Waals surface area (Å²) in [6.45, 7) is 5.51. The quantitative estimate of drug-likeness (QED) is 0.732. The third-order valence-electron chi connectivity index (χ3n) is 2.73. The molecular weight excluding hydrogens is 267 g/mol. The Morgan fingerprint density at radius 1 is 1.15 bits per heavy atom. The summed E-state index contributed by atoms with van der Waals surface area (Å²) >= 11 is 0. The standard InChI is InChI=1S/C15H22F3NO/c1-12(2)11-20-9-8-19-14(10-15(16,17)18)13-6-4-3-5-7-13/h3-7,12,14,19H,8-11H2,1-2H3. The highest BCUT2D eigenvalue weighted by Gasteiger charge is 2.32. The number of hydrogen-bond donors (Lipinski definition) is 1. The summed E-state index contributed by atoms with van der Waals surface area (Å²) in [4.78, 5) is 0. The highest BCUT2D eigenvalue weighted by molar-refractivity contribution is 5.19. The molecule has 5 heteroatoms. The highest BCUT2D eigenvalue weighted by Crippen LogP contribution is 2.29. The van der Waals surface area contributed by atoms with Gasteiger partial charge in [-0.1, -0.05) is 44.2 Å². The van der Waals surface area contributed by atoms with Crippen molar-refractivity contribution in [2.45, 2.75) is 32.5 Å². The number of nitrogens with one attached hydrogen (secondary N) is 1. The molecule has 0 aliphatic heterocycles. The third-order valence-corrected chi connectivity index (χ3v) is 2.73. The van der Waals surface area contributed by atoms with Gasteiger partial charge in [0, 0.05) is 19.2 Å². The summed E-state index contributed by atoms with van der Waals surface area (Å²) in [5.41, 5.74) is 0.647. The first-order valence-electron chi connectivity index (χ1n) is 6.81. The first kappa shape index (κ1) is 17.0. The highest BCUT2D eigenvalue weighted by atomic mass is 19.4. The number of rotatable bonds is 8. The van der Waals surface area contributed by atoms with E-state index in [0.717, 1.165) is 0 Å². The van der Waals surface area contributed by atoms with Crippen molar-refractivity contribution in [2.24, 2.45) is 5.92 Å². The molecule has 0 heterocycles. The van der Waals surface area contributed by atoms with Gasteiger partial charge in [-0.3, -0.25) is 0 Å². The van der Waals surface area contributed by atoms with E-state index in [1.165, 1.54) is 0 Å². The molecule has 1 rings (SSSR count). The average molecular weight is 289 g/mol. The van der Waals surface area contributed by atoms with Gasteiger partial charge >= 0.3 is 6.18 Å². The number of halogens is 3. The molecule has 1 atom stereocenters. The van der Waals surface area contributed by atoms with Crippen molar-refractivity contribution in [2.75, 3.05) is 19.8 Å². The number of hydrogen-bond acceptors (Lipinski definition) is 2. The minimum Gasteiger partial charge on any atom is -0.380 e. The molecule has 1 aromatic carbocycles. The molecule has 0 saturated carbocycles. The SMILES string of the molecule is CC(C)COCCNC(CC(F)(F)F)c1ccccc1. The summed E-state index contributed by atoms with van der Waals surface area (Å²) in [6, 6.07) is 7.97. The minimum absolute atomic E-state index is 0.405. The van der Waals surface area contributed by atoms with Crippen LogP contribution in [-0.4, -0.2) is 25.9 Å². The van der Waals surface area contributed by atoms with E-state index in [1.54, 1.807) is 30.3 Å². The summed E-state index contributed by atoms with van der Waals surface area (Å²) < 4.78 is 43.2. The average Bonchev–Trinajstić information content (AvgIpc) is 2.36. The number of alkyl halides is 3. The molecule has 0 aliphatic carbocycles. The van der Waals surface area contributed by atoms with Crippen molar-refractivity contribution >= 4 is 0 Å². The first-order chi connectivity index (χ1) is 9.38. The Bertz CT molecular complexity index is 365. The van der Waals surface area contributed by atoms with Crippen LogP contribution in [0.4, 0.5) is 13.2 Å². The second-order valence-electron chi connectivity index (χ2n) is 5.21. The van der Waals surface area contributed by atoms with Gasteiger partial charge in [0.05, 0.1) is 13.0 Å². The van der Waals surface area contributed by atoms with Crippen LogP contribution in [-0.2, 0) is 4.74 Å². The van der Waals surface area contributed by atoms with Gasteiger partial charge < -0.3 is 10.1 Å². The summed E-state index contributed by atoms with van der Waals surface area (Å²) in [5, 5.41) is 2.92. The van der Waals surface area contributed by atoms with Crippen LogP contribution < -0.4 is 5.32 Å². The molecule has 0 aromatic heterocycles. The summed E-state index contributed by atoms with van der Waals surface area (Å²) in [5.74, 6) is 0.426. The fourth-order valence-corrected chi connectivity index (χ4v) is 1.85. The van der Waals surface area contributed by atoms with Crippen LogP contribution in [0, 0.1) is 5.92 Å². The van der Waals surface area contributed by atoms with Crippen molar-refractivity contribution in [3.63, 3.8) is 0 Å². The largest absolute Gasteiger partial charge is 0.390 e. The summed E-state index contributed by atoms with van der Waals surface area (Å²) in [7, 11) is 0.